The first-order valence-electron chi connectivity index (χ1n) is 30.9. The highest BCUT2D eigenvalue weighted by Gasteiger charge is 2.19. The van der Waals surface area contributed by atoms with Gasteiger partial charge in [0.05, 0.1) is 0 Å². The third kappa shape index (κ3) is 57.7. The standard InChI is InChI=1S/C66H116O6/c1-4-7-10-13-16-19-22-25-27-29-31-32-33-35-36-38-41-44-47-50-53-56-59-65(68)71-62-63(61-70-64(67)58-55-52-49-46-43-40-24-21-18-15-12-9-6-3)72-66(69)60-57-54-51-48-45-42-39-37-34-30-28-26-23-20-17-14-11-8-5-2/h8,11-12,15,17,20-21,24,26,28,34,37,63H,4-7,9-10,13-14,16,18-19,22-23,25,27,29-33,35-36,38-62H2,1-3H3/b11-8-,15-12-,20-17-,24-21-,28-26-,37-34-. The predicted molar refractivity (Wildman–Crippen MR) is 311 cm³/mol. The van der Waals surface area contributed by atoms with Gasteiger partial charge in [0, 0.05) is 19.3 Å². The summed E-state index contributed by atoms with van der Waals surface area (Å²) in [6.45, 7) is 6.48. The van der Waals surface area contributed by atoms with Gasteiger partial charge in [0.1, 0.15) is 13.2 Å². The molecule has 0 aliphatic heterocycles. The molecule has 0 saturated carbocycles. The van der Waals surface area contributed by atoms with Crippen molar-refractivity contribution in [2.75, 3.05) is 13.2 Å². The highest BCUT2D eigenvalue weighted by molar-refractivity contribution is 5.71. The molecule has 0 spiro atoms. The lowest BCUT2D eigenvalue weighted by Gasteiger charge is -2.18. The Morgan fingerprint density at radius 3 is 0.903 bits per heavy atom. The normalized spacial score (nSPS) is 12.5. The van der Waals surface area contributed by atoms with Gasteiger partial charge in [0.25, 0.3) is 0 Å². The Hall–Kier alpha value is -3.15. The van der Waals surface area contributed by atoms with Crippen LogP contribution in [-0.4, -0.2) is 37.2 Å². The van der Waals surface area contributed by atoms with E-state index in [4.69, 9.17) is 14.2 Å². The van der Waals surface area contributed by atoms with E-state index >= 15 is 0 Å². The highest BCUT2D eigenvalue weighted by atomic mass is 16.6. The zero-order valence-electron chi connectivity index (χ0n) is 47.7. The molecule has 0 aliphatic carbocycles. The van der Waals surface area contributed by atoms with Crippen molar-refractivity contribution in [3.8, 4) is 0 Å². The van der Waals surface area contributed by atoms with Crippen LogP contribution in [0, 0.1) is 0 Å². The Morgan fingerprint density at radius 1 is 0.292 bits per heavy atom. The predicted octanol–water partition coefficient (Wildman–Crippen LogP) is 20.9. The number of unbranched alkanes of at least 4 members (excludes halogenated alkanes) is 33. The van der Waals surface area contributed by atoms with Gasteiger partial charge in [-0.15, -0.1) is 0 Å². The summed E-state index contributed by atoms with van der Waals surface area (Å²) in [7, 11) is 0. The summed E-state index contributed by atoms with van der Waals surface area (Å²) in [5.74, 6) is -0.899. The summed E-state index contributed by atoms with van der Waals surface area (Å²) in [5.41, 5.74) is 0. The van der Waals surface area contributed by atoms with Crippen LogP contribution in [0.5, 0.6) is 0 Å². The van der Waals surface area contributed by atoms with E-state index in [1.54, 1.807) is 0 Å². The van der Waals surface area contributed by atoms with E-state index in [0.29, 0.717) is 19.3 Å². The minimum Gasteiger partial charge on any atom is -0.462 e. The molecule has 0 radical (unpaired) electrons. The van der Waals surface area contributed by atoms with Crippen LogP contribution < -0.4 is 0 Å². The van der Waals surface area contributed by atoms with E-state index in [1.807, 2.05) is 0 Å². The molecule has 0 aromatic carbocycles. The maximum atomic E-state index is 12.9. The van der Waals surface area contributed by atoms with Gasteiger partial charge in [0.2, 0.25) is 0 Å². The zero-order chi connectivity index (χ0) is 52.2. The van der Waals surface area contributed by atoms with Crippen molar-refractivity contribution in [2.24, 2.45) is 0 Å². The van der Waals surface area contributed by atoms with Crippen LogP contribution in [0.15, 0.2) is 72.9 Å². The van der Waals surface area contributed by atoms with Crippen LogP contribution in [-0.2, 0) is 28.6 Å². The number of allylic oxidation sites excluding steroid dienone is 12. The third-order valence-corrected chi connectivity index (χ3v) is 13.4. The molecule has 416 valence electrons. The molecule has 0 fully saturated rings. The van der Waals surface area contributed by atoms with Crippen LogP contribution >= 0.6 is 0 Å². The molecule has 1 unspecified atom stereocenters. The lowest BCUT2D eigenvalue weighted by Crippen LogP contribution is -2.30. The van der Waals surface area contributed by atoms with Crippen LogP contribution in [0.1, 0.15) is 310 Å². The smallest absolute Gasteiger partial charge is 0.306 e. The van der Waals surface area contributed by atoms with E-state index in [1.165, 1.54) is 141 Å². The molecule has 0 aliphatic rings. The summed E-state index contributed by atoms with van der Waals surface area (Å²) in [6, 6.07) is 0. The monoisotopic (exact) mass is 1000 g/mol. The average Bonchev–Trinajstić information content (AvgIpc) is 3.38. The number of hydrogen-bond donors (Lipinski definition) is 0. The summed E-state index contributed by atoms with van der Waals surface area (Å²) in [6.07, 6.45) is 77.6. The number of rotatable bonds is 56. The topological polar surface area (TPSA) is 78.9 Å². The Labute approximate surface area is 446 Å². The second kappa shape index (κ2) is 60.4. The molecule has 0 rings (SSSR count). The molecule has 1 atom stereocenters. The second-order valence-corrected chi connectivity index (χ2v) is 20.6. The molecule has 0 amide bonds. The molecule has 0 saturated heterocycles. The Bertz CT molecular complexity index is 1340. The first-order valence-corrected chi connectivity index (χ1v) is 30.9. The maximum absolute atomic E-state index is 12.9. The van der Waals surface area contributed by atoms with Gasteiger partial charge in [-0.1, -0.05) is 280 Å². The molecule has 0 N–H and O–H groups in total. The fourth-order valence-corrected chi connectivity index (χ4v) is 8.83. The Balaban J connectivity index is 4.33. The molecule has 0 heterocycles. The molecule has 0 aromatic heterocycles. The van der Waals surface area contributed by atoms with Crippen molar-refractivity contribution in [1.82, 2.24) is 0 Å². The molecule has 6 heteroatoms. The van der Waals surface area contributed by atoms with Gasteiger partial charge in [0.15, 0.2) is 6.10 Å². The minimum absolute atomic E-state index is 0.0834. The quantitative estimate of drug-likeness (QED) is 0.0261. The summed E-state index contributed by atoms with van der Waals surface area (Å²) >= 11 is 0. The molecule has 6 nitrogen and oxygen atoms in total. The number of carbonyl (C=O) groups is 3. The Morgan fingerprint density at radius 2 is 0.569 bits per heavy atom. The summed E-state index contributed by atoms with van der Waals surface area (Å²) in [5, 5.41) is 0. The number of esters is 3. The third-order valence-electron chi connectivity index (χ3n) is 13.4. The lowest BCUT2D eigenvalue weighted by molar-refractivity contribution is -0.167. The zero-order valence-corrected chi connectivity index (χ0v) is 47.7. The Kier molecular flexibility index (Phi) is 57.8. The van der Waals surface area contributed by atoms with Crippen LogP contribution in [0.3, 0.4) is 0 Å². The first kappa shape index (κ1) is 68.8. The number of hydrogen-bond acceptors (Lipinski definition) is 6. The first-order chi connectivity index (χ1) is 35.5. The number of carbonyl (C=O) groups excluding carboxylic acids is 3. The van der Waals surface area contributed by atoms with Gasteiger partial charge in [-0.3, -0.25) is 14.4 Å². The SMILES string of the molecule is CC/C=C\C/C=C\C/C=C\C/C=C\CCCCCCCCC(=O)OC(COC(=O)CCCCCCC/C=C\C/C=C\CCC)COC(=O)CCCCCCCCCCCCCCCCCCCCCCCC. The van der Waals surface area contributed by atoms with Crippen molar-refractivity contribution in [2.45, 2.75) is 316 Å². The van der Waals surface area contributed by atoms with Crippen molar-refractivity contribution in [3.63, 3.8) is 0 Å². The summed E-state index contributed by atoms with van der Waals surface area (Å²) in [4.78, 5) is 38.2. The van der Waals surface area contributed by atoms with Crippen LogP contribution in [0.4, 0.5) is 0 Å². The van der Waals surface area contributed by atoms with Gasteiger partial charge in [-0.2, -0.15) is 0 Å². The number of ether oxygens (including phenoxy) is 3. The van der Waals surface area contributed by atoms with E-state index in [2.05, 4.69) is 93.7 Å². The fraction of sp³-hybridized carbons (Fsp3) is 0.773. The van der Waals surface area contributed by atoms with E-state index in [0.717, 1.165) is 128 Å². The summed E-state index contributed by atoms with van der Waals surface area (Å²) < 4.78 is 16.9. The largest absolute Gasteiger partial charge is 0.462 e. The van der Waals surface area contributed by atoms with Gasteiger partial charge in [-0.25, -0.2) is 0 Å². The molecular weight excluding hydrogens is 889 g/mol. The van der Waals surface area contributed by atoms with Crippen molar-refractivity contribution < 1.29 is 28.6 Å². The van der Waals surface area contributed by atoms with Crippen molar-refractivity contribution in [3.05, 3.63) is 72.9 Å². The maximum Gasteiger partial charge on any atom is 0.306 e. The van der Waals surface area contributed by atoms with Crippen molar-refractivity contribution in [1.29, 1.82) is 0 Å². The van der Waals surface area contributed by atoms with Crippen molar-refractivity contribution >= 4 is 17.9 Å². The molecule has 0 aromatic rings. The fourth-order valence-electron chi connectivity index (χ4n) is 8.83. The molecule has 0 bridgehead atoms. The highest BCUT2D eigenvalue weighted by Crippen LogP contribution is 2.17. The van der Waals surface area contributed by atoms with E-state index < -0.39 is 6.10 Å². The van der Waals surface area contributed by atoms with Crippen LogP contribution in [0.25, 0.3) is 0 Å². The van der Waals surface area contributed by atoms with Crippen LogP contribution in [0.2, 0.25) is 0 Å². The van der Waals surface area contributed by atoms with Gasteiger partial charge in [-0.05, 0) is 83.5 Å². The molecular formula is C66H116O6. The molecule has 72 heavy (non-hydrogen) atoms. The van der Waals surface area contributed by atoms with E-state index in [9.17, 15) is 14.4 Å². The van der Waals surface area contributed by atoms with Gasteiger partial charge >= 0.3 is 17.9 Å². The lowest BCUT2D eigenvalue weighted by atomic mass is 10.0. The van der Waals surface area contributed by atoms with E-state index in [-0.39, 0.29) is 31.1 Å². The second-order valence-electron chi connectivity index (χ2n) is 20.6. The average molecular weight is 1010 g/mol. The minimum atomic E-state index is -0.788. The van der Waals surface area contributed by atoms with Gasteiger partial charge < -0.3 is 14.2 Å².